The normalized spacial score (nSPS) is 16.1. The number of hydrogen-bond acceptors (Lipinski definition) is 15. The molecule has 6 amide bonds. The second-order valence-electron chi connectivity index (χ2n) is 18.0. The highest BCUT2D eigenvalue weighted by Gasteiger charge is 2.39. The van der Waals surface area contributed by atoms with Gasteiger partial charge in [0, 0.05) is 87.4 Å². The highest BCUT2D eigenvalue weighted by atomic mass is 19.4. The molecule has 3 aliphatic rings. The molecule has 0 spiro atoms. The number of alkyl halides is 3. The van der Waals surface area contributed by atoms with Crippen LogP contribution in [-0.2, 0) is 32.8 Å². The van der Waals surface area contributed by atoms with Gasteiger partial charge in [0.25, 0.3) is 11.8 Å². The molecule has 0 aliphatic carbocycles. The molecule has 0 bridgehead atoms. The standard InChI is InChI=1S/C51H48F4N10O11/c1-27-45(46(69)34-21-31(76-51(53,54)55)8-10-37(34)62(27)2)48(71)59-30-7-12-39(35(52)20-30)75-49-33-22-40(73-3)41(23-36(33)56-26-57-49)74-18-4-5-43(67)61-64-16-14-63(15-17-64)25-44(68)58-29-6-9-32-28(19-29)24-65(50(32)72)38-11-13-42(66)60-47(38)70/h6-10,12,19-23,26,38H,4-5,11,13-18,24-25H2,1-3H3,(H,58,68)(H,59,71)(H,61,67)(H,60,66,70). The van der Waals surface area contributed by atoms with E-state index in [-0.39, 0.29) is 108 Å². The minimum absolute atomic E-state index is 0.0483. The fourth-order valence-electron chi connectivity index (χ4n) is 9.18. The summed E-state index contributed by atoms with van der Waals surface area (Å²) in [5, 5.41) is 9.55. The summed E-state index contributed by atoms with van der Waals surface area (Å²) in [7, 11) is 2.95. The number of pyridine rings is 1. The van der Waals surface area contributed by atoms with Crippen molar-refractivity contribution in [2.75, 3.05) is 57.1 Å². The Balaban J connectivity index is 0.730. The summed E-state index contributed by atoms with van der Waals surface area (Å²) in [6.07, 6.45) is -2.93. The minimum Gasteiger partial charge on any atom is -0.493 e. The highest BCUT2D eigenvalue weighted by molar-refractivity contribution is 6.07. The van der Waals surface area contributed by atoms with Crippen molar-refractivity contribution in [3.63, 3.8) is 0 Å². The number of fused-ring (bicyclic) bond motifs is 3. The van der Waals surface area contributed by atoms with Crippen LogP contribution in [0.4, 0.5) is 28.9 Å². The molecule has 9 rings (SSSR count). The van der Waals surface area contributed by atoms with Gasteiger partial charge in [0.2, 0.25) is 34.9 Å². The van der Waals surface area contributed by atoms with E-state index in [1.54, 1.807) is 35.3 Å². The first-order valence-electron chi connectivity index (χ1n) is 23.8. The highest BCUT2D eigenvalue weighted by Crippen LogP contribution is 2.37. The third-order valence-corrected chi connectivity index (χ3v) is 13.0. The first-order valence-corrected chi connectivity index (χ1v) is 23.8. The lowest BCUT2D eigenvalue weighted by molar-refractivity contribution is -0.274. The first-order chi connectivity index (χ1) is 36.3. The van der Waals surface area contributed by atoms with Crippen LogP contribution in [-0.4, -0.2) is 124 Å². The van der Waals surface area contributed by atoms with Crippen molar-refractivity contribution >= 4 is 68.6 Å². The van der Waals surface area contributed by atoms with Gasteiger partial charge in [0.15, 0.2) is 23.1 Å². The van der Waals surface area contributed by atoms with Crippen LogP contribution in [0.2, 0.25) is 0 Å². The number of anilines is 2. The van der Waals surface area contributed by atoms with E-state index in [2.05, 4.69) is 36.1 Å². The van der Waals surface area contributed by atoms with Gasteiger partial charge < -0.3 is 39.0 Å². The largest absolute Gasteiger partial charge is 0.573 e. The number of hydrazine groups is 1. The molecule has 5 heterocycles. The Morgan fingerprint density at radius 3 is 2.36 bits per heavy atom. The minimum atomic E-state index is -5.01. The van der Waals surface area contributed by atoms with E-state index in [1.165, 1.54) is 55.1 Å². The summed E-state index contributed by atoms with van der Waals surface area (Å²) < 4.78 is 77.1. The Morgan fingerprint density at radius 2 is 1.62 bits per heavy atom. The predicted octanol–water partition coefficient (Wildman–Crippen LogP) is 5.09. The average Bonchev–Trinajstić information content (AvgIpc) is 3.71. The number of carbonyl (C=O) groups excluding carboxylic acids is 6. The molecule has 2 saturated heterocycles. The maximum absolute atomic E-state index is 15.6. The Kier molecular flexibility index (Phi) is 14.8. The molecule has 396 valence electrons. The van der Waals surface area contributed by atoms with Gasteiger partial charge in [-0.3, -0.25) is 49.2 Å². The number of amides is 6. The number of methoxy groups -OCH3 is 1. The number of aromatic nitrogens is 3. The molecule has 76 heavy (non-hydrogen) atoms. The quantitative estimate of drug-likeness (QED) is 0.0561. The van der Waals surface area contributed by atoms with Crippen molar-refractivity contribution in [1.82, 2.24) is 40.1 Å². The number of carbonyl (C=O) groups is 6. The zero-order chi connectivity index (χ0) is 54.0. The van der Waals surface area contributed by atoms with Crippen LogP contribution in [0.1, 0.15) is 57.7 Å². The Labute approximate surface area is 429 Å². The van der Waals surface area contributed by atoms with Gasteiger partial charge in [0.1, 0.15) is 23.7 Å². The molecule has 1 unspecified atom stereocenters. The molecule has 3 aliphatic heterocycles. The van der Waals surface area contributed by atoms with Crippen molar-refractivity contribution in [3.05, 3.63) is 111 Å². The van der Waals surface area contributed by atoms with Gasteiger partial charge >= 0.3 is 6.36 Å². The fraction of sp³-hybridized carbons (Fsp3) is 0.314. The van der Waals surface area contributed by atoms with E-state index in [0.717, 1.165) is 18.2 Å². The third-order valence-electron chi connectivity index (χ3n) is 13.0. The number of nitrogens with zero attached hydrogens (tertiary/aromatic N) is 6. The number of imide groups is 1. The maximum Gasteiger partial charge on any atom is 0.573 e. The number of ether oxygens (including phenoxy) is 4. The zero-order valence-corrected chi connectivity index (χ0v) is 41.0. The molecule has 0 saturated carbocycles. The van der Waals surface area contributed by atoms with Crippen molar-refractivity contribution in [2.45, 2.75) is 51.6 Å². The van der Waals surface area contributed by atoms with Gasteiger partial charge in [-0.1, -0.05) is 0 Å². The lowest BCUT2D eigenvalue weighted by Crippen LogP contribution is -2.54. The predicted molar refractivity (Wildman–Crippen MR) is 263 cm³/mol. The maximum atomic E-state index is 15.6. The van der Waals surface area contributed by atoms with Gasteiger partial charge in [0.05, 0.1) is 42.1 Å². The molecule has 21 nitrogen and oxygen atoms in total. The molecule has 4 N–H and O–H groups in total. The molecular weight excluding hydrogens is 1000 g/mol. The average molecular weight is 1050 g/mol. The summed E-state index contributed by atoms with van der Waals surface area (Å²) in [4.78, 5) is 102. The first kappa shape index (κ1) is 52.2. The summed E-state index contributed by atoms with van der Waals surface area (Å²) in [6, 6.07) is 14.1. The number of hydrogen-bond donors (Lipinski definition) is 4. The van der Waals surface area contributed by atoms with E-state index in [1.807, 2.05) is 4.90 Å². The number of rotatable bonds is 16. The number of halogens is 4. The molecule has 1 atom stereocenters. The van der Waals surface area contributed by atoms with E-state index in [0.29, 0.717) is 66.1 Å². The van der Waals surface area contributed by atoms with Crippen LogP contribution >= 0.6 is 0 Å². The van der Waals surface area contributed by atoms with Crippen molar-refractivity contribution < 1.29 is 65.3 Å². The number of nitrogens with one attached hydrogen (secondary N) is 4. The van der Waals surface area contributed by atoms with Crippen molar-refractivity contribution in [2.24, 2.45) is 7.05 Å². The van der Waals surface area contributed by atoms with Crippen LogP contribution < -0.4 is 45.8 Å². The zero-order valence-electron chi connectivity index (χ0n) is 41.0. The molecular formula is C51H48F4N10O11. The van der Waals surface area contributed by atoms with Crippen molar-refractivity contribution in [1.29, 1.82) is 0 Å². The molecule has 4 aromatic carbocycles. The van der Waals surface area contributed by atoms with Gasteiger partial charge in [-0.2, -0.15) is 0 Å². The van der Waals surface area contributed by atoms with E-state index >= 15 is 4.39 Å². The monoisotopic (exact) mass is 1050 g/mol. The summed E-state index contributed by atoms with van der Waals surface area (Å²) in [5.41, 5.74) is 4.05. The fourth-order valence-corrected chi connectivity index (χ4v) is 9.18. The van der Waals surface area contributed by atoms with Gasteiger partial charge in [-0.15, -0.1) is 13.2 Å². The molecule has 25 heteroatoms. The summed E-state index contributed by atoms with van der Waals surface area (Å²) in [5.74, 6) is -3.89. The smallest absolute Gasteiger partial charge is 0.493 e. The van der Waals surface area contributed by atoms with Crippen LogP contribution in [0.5, 0.6) is 28.9 Å². The van der Waals surface area contributed by atoms with Crippen LogP contribution in [0.3, 0.4) is 0 Å². The Morgan fingerprint density at radius 1 is 0.855 bits per heavy atom. The van der Waals surface area contributed by atoms with E-state index in [9.17, 15) is 46.7 Å². The summed E-state index contributed by atoms with van der Waals surface area (Å²) >= 11 is 0. The number of benzene rings is 4. The lowest BCUT2D eigenvalue weighted by Gasteiger charge is -2.34. The Bertz CT molecular complexity index is 3400. The van der Waals surface area contributed by atoms with Crippen LogP contribution in [0.25, 0.3) is 21.8 Å². The summed E-state index contributed by atoms with van der Waals surface area (Å²) in [6.45, 7) is 3.88. The van der Waals surface area contributed by atoms with Gasteiger partial charge in [-0.05, 0) is 79.9 Å². The third kappa shape index (κ3) is 11.5. The number of piperazine rings is 1. The Hall–Kier alpha value is -8.71. The molecule has 6 aromatic rings. The SMILES string of the molecule is COc1cc2c(Oc3ccc(NC(=O)c4c(C)n(C)c5ccc(OC(F)(F)F)cc5c4=O)cc3F)ncnc2cc1OCCCC(=O)NN1CCN(CC(=O)Nc2ccc3c(c2)CN(C2CCC(=O)NC2=O)C3=O)CC1. The molecule has 2 fully saturated rings. The van der Waals surface area contributed by atoms with Gasteiger partial charge in [-0.25, -0.2) is 19.4 Å². The van der Waals surface area contributed by atoms with Crippen LogP contribution in [0.15, 0.2) is 77.9 Å². The molecule has 2 aromatic heterocycles. The van der Waals surface area contributed by atoms with Crippen molar-refractivity contribution in [3.8, 4) is 28.9 Å². The number of aryl methyl sites for hydroxylation is 1. The second kappa shape index (κ2) is 21.6. The second-order valence-corrected chi connectivity index (χ2v) is 18.0. The molecule has 0 radical (unpaired) electrons. The number of piperidine rings is 1. The topological polar surface area (TPSA) is 245 Å². The van der Waals surface area contributed by atoms with Crippen LogP contribution in [0, 0.1) is 12.7 Å². The lowest BCUT2D eigenvalue weighted by atomic mass is 10.0. The van der Waals surface area contributed by atoms with E-state index in [4.69, 9.17) is 14.2 Å². The van der Waals surface area contributed by atoms with E-state index < -0.39 is 41.2 Å².